The third kappa shape index (κ3) is 4.02. The van der Waals surface area contributed by atoms with Crippen molar-refractivity contribution in [2.75, 3.05) is 0 Å². The van der Waals surface area contributed by atoms with E-state index in [1.165, 1.54) is 18.3 Å². The maximum absolute atomic E-state index is 2.35. The van der Waals surface area contributed by atoms with Crippen LogP contribution in [0.1, 0.15) is 0 Å². The minimum absolute atomic E-state index is 0. The van der Waals surface area contributed by atoms with Crippen molar-refractivity contribution in [3.63, 3.8) is 0 Å². The standard InChI is InChI=1S/C18H14IS.ClH/c19-15-11-13-18(14-12-15)20(16-7-3-1-4-8-16)17-9-5-2-6-10-17;/h1-14H;1H/q+1;/p-1. The fourth-order valence-corrected chi connectivity index (χ4v) is 4.54. The molecule has 0 saturated heterocycles. The first-order chi connectivity index (χ1) is 9.84. The lowest BCUT2D eigenvalue weighted by Crippen LogP contribution is -3.00. The van der Waals surface area contributed by atoms with Crippen molar-refractivity contribution in [1.29, 1.82) is 0 Å². The molecular weight excluding hydrogens is 411 g/mol. The van der Waals surface area contributed by atoms with E-state index in [4.69, 9.17) is 0 Å². The fourth-order valence-electron chi connectivity index (χ4n) is 2.09. The zero-order chi connectivity index (χ0) is 13.8. The predicted molar refractivity (Wildman–Crippen MR) is 94.2 cm³/mol. The first-order valence-electron chi connectivity index (χ1n) is 6.44. The van der Waals surface area contributed by atoms with E-state index in [-0.39, 0.29) is 23.3 Å². The van der Waals surface area contributed by atoms with Crippen molar-refractivity contribution >= 4 is 33.5 Å². The van der Waals surface area contributed by atoms with Crippen molar-refractivity contribution in [2.24, 2.45) is 0 Å². The average Bonchev–Trinajstić information content (AvgIpc) is 2.52. The Balaban J connectivity index is 0.00000161. The molecule has 0 fully saturated rings. The van der Waals surface area contributed by atoms with Crippen LogP contribution in [0.15, 0.2) is 99.6 Å². The molecule has 0 atom stereocenters. The topological polar surface area (TPSA) is 0 Å². The highest BCUT2D eigenvalue weighted by atomic mass is 127. The zero-order valence-electron chi connectivity index (χ0n) is 11.2. The summed E-state index contributed by atoms with van der Waals surface area (Å²) < 4.78 is 1.27. The molecule has 0 bridgehead atoms. The normalized spacial score (nSPS) is 10.2. The second-order valence-corrected chi connectivity index (χ2v) is 7.66. The van der Waals surface area contributed by atoms with Gasteiger partial charge in [0.2, 0.25) is 0 Å². The second-order valence-electron chi connectivity index (χ2n) is 4.39. The lowest BCUT2D eigenvalue weighted by molar-refractivity contribution is -0.00000377. The SMILES string of the molecule is Ic1ccc([S+](c2ccccc2)c2ccccc2)cc1.[Cl-]. The Bertz CT molecular complexity index is 629. The monoisotopic (exact) mass is 424 g/mol. The molecule has 3 heteroatoms. The van der Waals surface area contributed by atoms with Crippen molar-refractivity contribution in [3.8, 4) is 0 Å². The van der Waals surface area contributed by atoms with Crippen LogP contribution in [0.3, 0.4) is 0 Å². The van der Waals surface area contributed by atoms with Gasteiger partial charge in [0, 0.05) is 3.57 Å². The summed E-state index contributed by atoms with van der Waals surface area (Å²) in [5, 5.41) is 0. The first-order valence-corrected chi connectivity index (χ1v) is 8.75. The molecule has 0 unspecified atom stereocenters. The fraction of sp³-hybridized carbons (Fsp3) is 0. The summed E-state index contributed by atoms with van der Waals surface area (Å²) in [6.07, 6.45) is 0. The van der Waals surface area contributed by atoms with Crippen LogP contribution in [-0.4, -0.2) is 0 Å². The van der Waals surface area contributed by atoms with Crippen LogP contribution in [0, 0.1) is 3.57 Å². The molecule has 0 spiro atoms. The number of rotatable bonds is 3. The van der Waals surface area contributed by atoms with E-state index in [1.54, 1.807) is 0 Å². The van der Waals surface area contributed by atoms with Gasteiger partial charge in [-0.1, -0.05) is 36.4 Å². The molecule has 0 radical (unpaired) electrons. The Morgan fingerprint density at radius 2 is 0.905 bits per heavy atom. The molecule has 0 amide bonds. The summed E-state index contributed by atoms with van der Waals surface area (Å²) >= 11 is 2.35. The third-order valence-electron chi connectivity index (χ3n) is 3.01. The van der Waals surface area contributed by atoms with E-state index in [2.05, 4.69) is 108 Å². The number of halogens is 2. The first kappa shape index (κ1) is 16.4. The summed E-state index contributed by atoms with van der Waals surface area (Å²) in [5.74, 6) is 0. The smallest absolute Gasteiger partial charge is 0.166 e. The van der Waals surface area contributed by atoms with E-state index in [0.717, 1.165) is 0 Å². The van der Waals surface area contributed by atoms with Crippen molar-refractivity contribution in [3.05, 3.63) is 88.5 Å². The highest BCUT2D eigenvalue weighted by Gasteiger charge is 2.27. The van der Waals surface area contributed by atoms with E-state index in [9.17, 15) is 0 Å². The quantitative estimate of drug-likeness (QED) is 0.447. The Morgan fingerprint density at radius 1 is 0.524 bits per heavy atom. The van der Waals surface area contributed by atoms with Gasteiger partial charge >= 0.3 is 0 Å². The maximum Gasteiger partial charge on any atom is 0.166 e. The summed E-state index contributed by atoms with van der Waals surface area (Å²) in [5.41, 5.74) is 0. The van der Waals surface area contributed by atoms with Crippen molar-refractivity contribution in [2.45, 2.75) is 14.7 Å². The van der Waals surface area contributed by atoms with Gasteiger partial charge in [0.05, 0.1) is 10.9 Å². The van der Waals surface area contributed by atoms with E-state index in [0.29, 0.717) is 0 Å². The van der Waals surface area contributed by atoms with Gasteiger partial charge in [-0.05, 0) is 71.1 Å². The maximum atomic E-state index is 2.35. The van der Waals surface area contributed by atoms with Crippen LogP contribution in [0.5, 0.6) is 0 Å². The van der Waals surface area contributed by atoms with Crippen LogP contribution < -0.4 is 12.4 Å². The lowest BCUT2D eigenvalue weighted by atomic mass is 10.4. The minimum atomic E-state index is -0.0262. The van der Waals surface area contributed by atoms with Crippen LogP contribution in [0.2, 0.25) is 0 Å². The van der Waals surface area contributed by atoms with Gasteiger partial charge in [-0.15, -0.1) is 0 Å². The molecule has 0 aliphatic rings. The molecule has 0 nitrogen and oxygen atoms in total. The highest BCUT2D eigenvalue weighted by molar-refractivity contribution is 14.1. The number of hydrogen-bond donors (Lipinski definition) is 0. The van der Waals surface area contributed by atoms with Crippen LogP contribution >= 0.6 is 22.6 Å². The highest BCUT2D eigenvalue weighted by Crippen LogP contribution is 2.31. The van der Waals surface area contributed by atoms with Gasteiger partial charge < -0.3 is 12.4 Å². The Labute approximate surface area is 148 Å². The lowest BCUT2D eigenvalue weighted by Gasteiger charge is -2.07. The van der Waals surface area contributed by atoms with Gasteiger partial charge in [-0.2, -0.15) is 0 Å². The molecule has 3 rings (SSSR count). The molecule has 0 saturated carbocycles. The summed E-state index contributed by atoms with van der Waals surface area (Å²) in [4.78, 5) is 4.09. The molecular formula is C18H14ClIS. The molecule has 106 valence electrons. The molecule has 0 aliphatic heterocycles. The van der Waals surface area contributed by atoms with Gasteiger partial charge in [0.25, 0.3) is 0 Å². The van der Waals surface area contributed by atoms with Gasteiger partial charge in [0.15, 0.2) is 14.7 Å². The van der Waals surface area contributed by atoms with Crippen LogP contribution in [-0.2, 0) is 10.9 Å². The Morgan fingerprint density at radius 3 is 1.33 bits per heavy atom. The molecule has 3 aromatic carbocycles. The van der Waals surface area contributed by atoms with Crippen molar-refractivity contribution in [1.82, 2.24) is 0 Å². The van der Waals surface area contributed by atoms with E-state index < -0.39 is 0 Å². The third-order valence-corrected chi connectivity index (χ3v) is 5.96. The minimum Gasteiger partial charge on any atom is -1.00 e. The van der Waals surface area contributed by atoms with E-state index >= 15 is 0 Å². The number of benzene rings is 3. The molecule has 0 heterocycles. The number of hydrogen-bond acceptors (Lipinski definition) is 0. The molecule has 0 aromatic heterocycles. The van der Waals surface area contributed by atoms with Gasteiger partial charge in [-0.25, -0.2) is 0 Å². The summed E-state index contributed by atoms with van der Waals surface area (Å²) in [6.45, 7) is 0. The molecule has 0 N–H and O–H groups in total. The second kappa shape index (κ2) is 7.87. The van der Waals surface area contributed by atoms with E-state index in [1.807, 2.05) is 0 Å². The van der Waals surface area contributed by atoms with Crippen molar-refractivity contribution < 1.29 is 12.4 Å². The summed E-state index contributed by atoms with van der Waals surface area (Å²) in [6, 6.07) is 30.3. The largest absolute Gasteiger partial charge is 1.00 e. The van der Waals surface area contributed by atoms with Crippen LogP contribution in [0.4, 0.5) is 0 Å². The Kier molecular flexibility index (Phi) is 6.15. The molecule has 0 aliphatic carbocycles. The Hall–Kier alpha value is -0.970. The molecule has 3 aromatic rings. The predicted octanol–water partition coefficient (Wildman–Crippen LogP) is 2.39. The van der Waals surface area contributed by atoms with Gasteiger partial charge in [-0.3, -0.25) is 0 Å². The molecule has 21 heavy (non-hydrogen) atoms. The van der Waals surface area contributed by atoms with Crippen LogP contribution in [0.25, 0.3) is 0 Å². The van der Waals surface area contributed by atoms with Gasteiger partial charge in [0.1, 0.15) is 0 Å². The summed E-state index contributed by atoms with van der Waals surface area (Å²) in [7, 11) is -0.0262. The average molecular weight is 425 g/mol. The zero-order valence-corrected chi connectivity index (χ0v) is 15.0.